The van der Waals surface area contributed by atoms with Crippen LogP contribution in [0.3, 0.4) is 0 Å². The second-order valence-electron chi connectivity index (χ2n) is 4.50. The maximum atomic E-state index is 11.6. The number of carbonyl (C=O) groups excluding carboxylic acids is 1. The molecule has 0 spiro atoms. The fourth-order valence-electron chi connectivity index (χ4n) is 1.86. The second-order valence-corrected chi connectivity index (χ2v) is 4.50. The highest BCUT2D eigenvalue weighted by Crippen LogP contribution is 2.28. The standard InChI is InChI=1S/C16H14N2O2/c1-10-7-14(5-3-12(10)9-17)20-16-6-4-13(18)8-15(16)11(2)19/h3-8H,18H2,1-2H3. The van der Waals surface area contributed by atoms with Gasteiger partial charge in [0.1, 0.15) is 11.5 Å². The lowest BCUT2D eigenvalue weighted by Gasteiger charge is -2.11. The Morgan fingerprint density at radius 2 is 2.00 bits per heavy atom. The Bertz CT molecular complexity index is 715. The number of hydrogen-bond donors (Lipinski definition) is 1. The van der Waals surface area contributed by atoms with Gasteiger partial charge in [0.25, 0.3) is 0 Å². The van der Waals surface area contributed by atoms with Crippen molar-refractivity contribution < 1.29 is 9.53 Å². The Balaban J connectivity index is 2.38. The molecule has 0 fully saturated rings. The third kappa shape index (κ3) is 2.78. The minimum Gasteiger partial charge on any atom is -0.457 e. The molecule has 100 valence electrons. The minimum atomic E-state index is -0.113. The van der Waals surface area contributed by atoms with E-state index in [2.05, 4.69) is 6.07 Å². The summed E-state index contributed by atoms with van der Waals surface area (Å²) in [7, 11) is 0. The molecule has 2 aromatic carbocycles. The number of rotatable bonds is 3. The van der Waals surface area contributed by atoms with Crippen LogP contribution in [0.1, 0.15) is 28.4 Å². The average molecular weight is 266 g/mol. The summed E-state index contributed by atoms with van der Waals surface area (Å²) in [5, 5.41) is 8.90. The van der Waals surface area contributed by atoms with Crippen molar-refractivity contribution >= 4 is 11.5 Å². The molecule has 0 heterocycles. The maximum Gasteiger partial charge on any atom is 0.163 e. The van der Waals surface area contributed by atoms with Gasteiger partial charge in [0.05, 0.1) is 17.2 Å². The lowest BCUT2D eigenvalue weighted by molar-refractivity contribution is 0.101. The van der Waals surface area contributed by atoms with E-state index in [1.165, 1.54) is 6.92 Å². The highest BCUT2D eigenvalue weighted by molar-refractivity contribution is 5.97. The smallest absolute Gasteiger partial charge is 0.163 e. The molecule has 0 atom stereocenters. The van der Waals surface area contributed by atoms with Crippen molar-refractivity contribution in [3.63, 3.8) is 0 Å². The van der Waals surface area contributed by atoms with Gasteiger partial charge in [0.15, 0.2) is 5.78 Å². The quantitative estimate of drug-likeness (QED) is 0.682. The number of benzene rings is 2. The summed E-state index contributed by atoms with van der Waals surface area (Å²) < 4.78 is 5.72. The van der Waals surface area contributed by atoms with Crippen LogP contribution in [0.15, 0.2) is 36.4 Å². The summed E-state index contributed by atoms with van der Waals surface area (Å²) in [6.45, 7) is 3.30. The maximum absolute atomic E-state index is 11.6. The molecule has 4 heteroatoms. The minimum absolute atomic E-state index is 0.113. The number of nitriles is 1. The third-order valence-corrected chi connectivity index (χ3v) is 2.93. The molecule has 2 aromatic rings. The Hall–Kier alpha value is -2.80. The number of nitrogens with zero attached hydrogens (tertiary/aromatic N) is 1. The normalized spacial score (nSPS) is 9.85. The van der Waals surface area contributed by atoms with Gasteiger partial charge in [0, 0.05) is 5.69 Å². The second kappa shape index (κ2) is 5.45. The van der Waals surface area contributed by atoms with Crippen LogP contribution in [-0.4, -0.2) is 5.78 Å². The highest BCUT2D eigenvalue weighted by atomic mass is 16.5. The number of hydrogen-bond acceptors (Lipinski definition) is 4. The van der Waals surface area contributed by atoms with E-state index in [1.54, 1.807) is 36.4 Å². The molecule has 0 aliphatic rings. The number of aryl methyl sites for hydroxylation is 1. The van der Waals surface area contributed by atoms with E-state index in [9.17, 15) is 4.79 Å². The van der Waals surface area contributed by atoms with Crippen LogP contribution in [0.2, 0.25) is 0 Å². The lowest BCUT2D eigenvalue weighted by atomic mass is 10.1. The van der Waals surface area contributed by atoms with E-state index in [0.717, 1.165) is 5.56 Å². The van der Waals surface area contributed by atoms with Crippen LogP contribution < -0.4 is 10.5 Å². The predicted octanol–water partition coefficient (Wildman–Crippen LogP) is 3.44. The fourth-order valence-corrected chi connectivity index (χ4v) is 1.86. The zero-order valence-corrected chi connectivity index (χ0v) is 11.3. The Labute approximate surface area is 117 Å². The summed E-state index contributed by atoms with van der Waals surface area (Å²) >= 11 is 0. The molecular weight excluding hydrogens is 252 g/mol. The van der Waals surface area contributed by atoms with Crippen LogP contribution in [0, 0.1) is 18.3 Å². The summed E-state index contributed by atoms with van der Waals surface area (Å²) in [6.07, 6.45) is 0. The van der Waals surface area contributed by atoms with Crippen LogP contribution in [-0.2, 0) is 0 Å². The van der Waals surface area contributed by atoms with Crippen LogP contribution in [0.5, 0.6) is 11.5 Å². The highest BCUT2D eigenvalue weighted by Gasteiger charge is 2.10. The van der Waals surface area contributed by atoms with E-state index in [4.69, 9.17) is 15.7 Å². The molecule has 20 heavy (non-hydrogen) atoms. The SMILES string of the molecule is CC(=O)c1cc(N)ccc1Oc1ccc(C#N)c(C)c1. The number of ketones is 1. The number of Topliss-reactive ketones (excluding diaryl/α,β-unsaturated/α-hetero) is 1. The van der Waals surface area contributed by atoms with Gasteiger partial charge >= 0.3 is 0 Å². The molecule has 2 rings (SSSR count). The molecule has 0 unspecified atom stereocenters. The largest absolute Gasteiger partial charge is 0.457 e. The van der Waals surface area contributed by atoms with Gasteiger partial charge in [-0.05, 0) is 55.8 Å². The summed E-state index contributed by atoms with van der Waals surface area (Å²) in [5.41, 5.74) is 8.05. The van der Waals surface area contributed by atoms with Crippen LogP contribution in [0.25, 0.3) is 0 Å². The van der Waals surface area contributed by atoms with Gasteiger partial charge < -0.3 is 10.5 Å². The molecule has 2 N–H and O–H groups in total. The van der Waals surface area contributed by atoms with Crippen molar-refractivity contribution in [2.75, 3.05) is 5.73 Å². The monoisotopic (exact) mass is 266 g/mol. The first-order valence-corrected chi connectivity index (χ1v) is 6.10. The zero-order valence-electron chi connectivity index (χ0n) is 11.3. The van der Waals surface area contributed by atoms with Gasteiger partial charge in [0.2, 0.25) is 0 Å². The molecule has 0 bridgehead atoms. The Morgan fingerprint density at radius 3 is 2.60 bits per heavy atom. The molecule has 0 radical (unpaired) electrons. The van der Waals surface area contributed by atoms with E-state index in [-0.39, 0.29) is 5.78 Å². The topological polar surface area (TPSA) is 76.1 Å². The fraction of sp³-hybridized carbons (Fsp3) is 0.125. The summed E-state index contributed by atoms with van der Waals surface area (Å²) in [4.78, 5) is 11.6. The number of anilines is 1. The molecule has 0 aliphatic carbocycles. The Kier molecular flexibility index (Phi) is 3.72. The van der Waals surface area contributed by atoms with Crippen molar-refractivity contribution in [1.29, 1.82) is 5.26 Å². The summed E-state index contributed by atoms with van der Waals surface area (Å²) in [6, 6.07) is 12.2. The number of ether oxygens (including phenoxy) is 1. The van der Waals surface area contributed by atoms with Crippen molar-refractivity contribution in [1.82, 2.24) is 0 Å². The van der Waals surface area contributed by atoms with Crippen molar-refractivity contribution in [2.45, 2.75) is 13.8 Å². The third-order valence-electron chi connectivity index (χ3n) is 2.93. The predicted molar refractivity (Wildman–Crippen MR) is 76.8 cm³/mol. The van der Waals surface area contributed by atoms with E-state index < -0.39 is 0 Å². The van der Waals surface area contributed by atoms with Crippen molar-refractivity contribution in [3.8, 4) is 17.6 Å². The van der Waals surface area contributed by atoms with Crippen molar-refractivity contribution in [3.05, 3.63) is 53.1 Å². The van der Waals surface area contributed by atoms with E-state index in [1.807, 2.05) is 6.92 Å². The lowest BCUT2D eigenvalue weighted by Crippen LogP contribution is -1.99. The molecule has 0 saturated heterocycles. The Morgan fingerprint density at radius 1 is 1.25 bits per heavy atom. The van der Waals surface area contributed by atoms with Gasteiger partial charge in [-0.15, -0.1) is 0 Å². The molecule has 4 nitrogen and oxygen atoms in total. The number of nitrogens with two attached hydrogens (primary N) is 1. The first-order valence-electron chi connectivity index (χ1n) is 6.10. The number of nitrogen functional groups attached to an aromatic ring is 1. The first kappa shape index (κ1) is 13.6. The van der Waals surface area contributed by atoms with Gasteiger partial charge in [-0.25, -0.2) is 0 Å². The van der Waals surface area contributed by atoms with Crippen LogP contribution >= 0.6 is 0 Å². The molecule has 0 aromatic heterocycles. The van der Waals surface area contributed by atoms with Gasteiger partial charge in [-0.1, -0.05) is 0 Å². The van der Waals surface area contributed by atoms with Crippen LogP contribution in [0.4, 0.5) is 5.69 Å². The van der Waals surface area contributed by atoms with Crippen molar-refractivity contribution in [2.24, 2.45) is 0 Å². The average Bonchev–Trinajstić information content (AvgIpc) is 2.41. The molecule has 0 amide bonds. The number of carbonyl (C=O) groups is 1. The summed E-state index contributed by atoms with van der Waals surface area (Å²) in [5.74, 6) is 0.919. The molecular formula is C16H14N2O2. The first-order chi connectivity index (χ1) is 9.51. The van der Waals surface area contributed by atoms with E-state index in [0.29, 0.717) is 28.3 Å². The molecule has 0 saturated carbocycles. The van der Waals surface area contributed by atoms with Gasteiger partial charge in [-0.3, -0.25) is 4.79 Å². The van der Waals surface area contributed by atoms with E-state index >= 15 is 0 Å². The van der Waals surface area contributed by atoms with Gasteiger partial charge in [-0.2, -0.15) is 5.26 Å². The zero-order chi connectivity index (χ0) is 14.7. The molecule has 0 aliphatic heterocycles.